The van der Waals surface area contributed by atoms with Crippen molar-refractivity contribution in [2.75, 3.05) is 30.0 Å². The standard InChI is InChI=1S/C12H18N2O2S/c1-17(15,16)12-6-8-14(9-7-12)11-4-2-10(13)3-5-11/h2-5,12H,6-9,13H2,1H3. The van der Waals surface area contributed by atoms with Gasteiger partial charge in [-0.25, -0.2) is 8.42 Å². The minimum atomic E-state index is -2.88. The Bertz CT molecular complexity index is 474. The molecular formula is C12H18N2O2S. The van der Waals surface area contributed by atoms with Crippen LogP contribution in [0, 0.1) is 0 Å². The summed E-state index contributed by atoms with van der Waals surface area (Å²) in [4.78, 5) is 2.21. The molecule has 1 aromatic carbocycles. The van der Waals surface area contributed by atoms with Gasteiger partial charge in [0.2, 0.25) is 0 Å². The molecule has 0 atom stereocenters. The van der Waals surface area contributed by atoms with Crippen molar-refractivity contribution in [2.45, 2.75) is 18.1 Å². The van der Waals surface area contributed by atoms with Crippen molar-refractivity contribution < 1.29 is 8.42 Å². The lowest BCUT2D eigenvalue weighted by Crippen LogP contribution is -2.38. The summed E-state index contributed by atoms with van der Waals surface area (Å²) in [5.74, 6) is 0. The van der Waals surface area contributed by atoms with Crippen molar-refractivity contribution in [3.05, 3.63) is 24.3 Å². The van der Waals surface area contributed by atoms with Gasteiger partial charge in [0, 0.05) is 30.7 Å². The molecule has 17 heavy (non-hydrogen) atoms. The SMILES string of the molecule is CS(=O)(=O)C1CCN(c2ccc(N)cc2)CC1. The largest absolute Gasteiger partial charge is 0.399 e. The molecule has 1 aromatic rings. The molecule has 1 fully saturated rings. The van der Waals surface area contributed by atoms with Crippen LogP contribution < -0.4 is 10.6 Å². The second-order valence-electron chi connectivity index (χ2n) is 4.61. The Kier molecular flexibility index (Phi) is 3.28. The van der Waals surface area contributed by atoms with Gasteiger partial charge in [0.1, 0.15) is 9.84 Å². The van der Waals surface area contributed by atoms with Gasteiger partial charge < -0.3 is 10.6 Å². The predicted octanol–water partition coefficient (Wildman–Crippen LogP) is 1.28. The van der Waals surface area contributed by atoms with Crippen LogP contribution in [0.1, 0.15) is 12.8 Å². The molecule has 0 bridgehead atoms. The topological polar surface area (TPSA) is 63.4 Å². The zero-order chi connectivity index (χ0) is 12.5. The highest BCUT2D eigenvalue weighted by atomic mass is 32.2. The van der Waals surface area contributed by atoms with Crippen LogP contribution in [0.3, 0.4) is 0 Å². The van der Waals surface area contributed by atoms with Crippen molar-refractivity contribution in [3.63, 3.8) is 0 Å². The molecule has 5 heteroatoms. The molecule has 0 spiro atoms. The van der Waals surface area contributed by atoms with E-state index in [4.69, 9.17) is 5.73 Å². The van der Waals surface area contributed by atoms with Crippen molar-refractivity contribution in [1.82, 2.24) is 0 Å². The molecular weight excluding hydrogens is 236 g/mol. The molecule has 1 aliphatic rings. The number of sulfone groups is 1. The van der Waals surface area contributed by atoms with Gasteiger partial charge >= 0.3 is 0 Å². The fourth-order valence-electron chi connectivity index (χ4n) is 2.23. The smallest absolute Gasteiger partial charge is 0.150 e. The summed E-state index contributed by atoms with van der Waals surface area (Å²) in [5, 5.41) is -0.174. The van der Waals surface area contributed by atoms with Gasteiger partial charge in [0.15, 0.2) is 0 Å². The highest BCUT2D eigenvalue weighted by molar-refractivity contribution is 7.91. The van der Waals surface area contributed by atoms with Crippen LogP contribution in [-0.4, -0.2) is 33.0 Å². The average molecular weight is 254 g/mol. The quantitative estimate of drug-likeness (QED) is 0.808. The fraction of sp³-hybridized carbons (Fsp3) is 0.500. The van der Waals surface area contributed by atoms with Crippen LogP contribution in [0.4, 0.5) is 11.4 Å². The first-order valence-corrected chi connectivity index (χ1v) is 7.71. The maximum Gasteiger partial charge on any atom is 0.150 e. The highest BCUT2D eigenvalue weighted by Crippen LogP contribution is 2.23. The first-order valence-electron chi connectivity index (χ1n) is 5.76. The van der Waals surface area contributed by atoms with Gasteiger partial charge in [0.05, 0.1) is 5.25 Å². The number of hydrogen-bond donors (Lipinski definition) is 1. The number of anilines is 2. The number of piperidine rings is 1. The predicted molar refractivity (Wildman–Crippen MR) is 70.9 cm³/mol. The molecule has 0 amide bonds. The van der Waals surface area contributed by atoms with E-state index in [9.17, 15) is 8.42 Å². The van der Waals surface area contributed by atoms with Crippen molar-refractivity contribution in [2.24, 2.45) is 0 Å². The van der Waals surface area contributed by atoms with Crippen LogP contribution in [0.5, 0.6) is 0 Å². The number of nitrogens with zero attached hydrogens (tertiary/aromatic N) is 1. The molecule has 1 saturated heterocycles. The summed E-state index contributed by atoms with van der Waals surface area (Å²) in [5.41, 5.74) is 7.50. The second-order valence-corrected chi connectivity index (χ2v) is 6.93. The molecule has 1 aliphatic heterocycles. The maximum atomic E-state index is 11.4. The number of nitrogen functional groups attached to an aromatic ring is 1. The third kappa shape index (κ3) is 2.91. The van der Waals surface area contributed by atoms with Crippen molar-refractivity contribution in [1.29, 1.82) is 0 Å². The molecule has 2 N–H and O–H groups in total. The summed E-state index contributed by atoms with van der Waals surface area (Å²) < 4.78 is 22.9. The Labute approximate surface area is 102 Å². The molecule has 1 heterocycles. The van der Waals surface area contributed by atoms with E-state index < -0.39 is 9.84 Å². The van der Waals surface area contributed by atoms with Gasteiger partial charge in [-0.2, -0.15) is 0 Å². The zero-order valence-electron chi connectivity index (χ0n) is 9.96. The van der Waals surface area contributed by atoms with E-state index in [0.29, 0.717) is 12.8 Å². The second kappa shape index (κ2) is 4.56. The third-order valence-corrected chi connectivity index (χ3v) is 4.99. The van der Waals surface area contributed by atoms with E-state index in [0.717, 1.165) is 24.5 Å². The first-order chi connectivity index (χ1) is 7.97. The van der Waals surface area contributed by atoms with Crippen LogP contribution in [0.15, 0.2) is 24.3 Å². The summed E-state index contributed by atoms with van der Waals surface area (Å²) in [6, 6.07) is 7.71. The first kappa shape index (κ1) is 12.2. The lowest BCUT2D eigenvalue weighted by atomic mass is 10.1. The van der Waals surface area contributed by atoms with E-state index >= 15 is 0 Å². The lowest BCUT2D eigenvalue weighted by molar-refractivity contribution is 0.534. The third-order valence-electron chi connectivity index (χ3n) is 3.31. The number of nitrogens with two attached hydrogens (primary N) is 1. The molecule has 4 nitrogen and oxygen atoms in total. The fourth-order valence-corrected chi connectivity index (χ4v) is 3.29. The summed E-state index contributed by atoms with van der Waals surface area (Å²) >= 11 is 0. The van der Waals surface area contributed by atoms with Crippen LogP contribution in [0.25, 0.3) is 0 Å². The molecule has 0 radical (unpaired) electrons. The monoisotopic (exact) mass is 254 g/mol. The Morgan fingerprint density at radius 3 is 2.18 bits per heavy atom. The summed E-state index contributed by atoms with van der Waals surface area (Å²) in [6.07, 6.45) is 2.75. The van der Waals surface area contributed by atoms with E-state index in [1.165, 1.54) is 6.26 Å². The molecule has 0 unspecified atom stereocenters. The Hall–Kier alpha value is -1.23. The van der Waals surface area contributed by atoms with E-state index in [1.54, 1.807) is 0 Å². The molecule has 0 aliphatic carbocycles. The van der Waals surface area contributed by atoms with Crippen LogP contribution in [0.2, 0.25) is 0 Å². The Morgan fingerprint density at radius 1 is 1.18 bits per heavy atom. The van der Waals surface area contributed by atoms with Gasteiger partial charge in [-0.05, 0) is 37.1 Å². The van der Waals surface area contributed by atoms with Gasteiger partial charge in [-0.15, -0.1) is 0 Å². The number of hydrogen-bond acceptors (Lipinski definition) is 4. The van der Waals surface area contributed by atoms with Crippen molar-refractivity contribution in [3.8, 4) is 0 Å². The van der Waals surface area contributed by atoms with Gasteiger partial charge in [-0.1, -0.05) is 0 Å². The van der Waals surface area contributed by atoms with Gasteiger partial charge in [0.25, 0.3) is 0 Å². The van der Waals surface area contributed by atoms with Gasteiger partial charge in [-0.3, -0.25) is 0 Å². The maximum absolute atomic E-state index is 11.4. The summed E-state index contributed by atoms with van der Waals surface area (Å²) in [7, 11) is -2.88. The molecule has 0 aromatic heterocycles. The minimum Gasteiger partial charge on any atom is -0.399 e. The van der Waals surface area contributed by atoms with E-state index in [2.05, 4.69) is 4.90 Å². The number of benzene rings is 1. The van der Waals surface area contributed by atoms with Crippen LogP contribution >= 0.6 is 0 Å². The molecule has 2 rings (SSSR count). The van der Waals surface area contributed by atoms with Crippen molar-refractivity contribution >= 4 is 21.2 Å². The molecule has 94 valence electrons. The van der Waals surface area contributed by atoms with E-state index in [1.807, 2.05) is 24.3 Å². The minimum absolute atomic E-state index is 0.174. The normalized spacial score (nSPS) is 18.3. The highest BCUT2D eigenvalue weighted by Gasteiger charge is 2.26. The van der Waals surface area contributed by atoms with Crippen LogP contribution in [-0.2, 0) is 9.84 Å². The number of rotatable bonds is 2. The Morgan fingerprint density at radius 2 is 1.71 bits per heavy atom. The zero-order valence-corrected chi connectivity index (χ0v) is 10.8. The lowest BCUT2D eigenvalue weighted by Gasteiger charge is -2.32. The molecule has 0 saturated carbocycles. The van der Waals surface area contributed by atoms with E-state index in [-0.39, 0.29) is 5.25 Å². The Balaban J connectivity index is 2.02. The summed E-state index contributed by atoms with van der Waals surface area (Å²) in [6.45, 7) is 1.59. The average Bonchev–Trinajstić information content (AvgIpc) is 2.29.